The molecule has 2 aromatic rings. The largest absolute Gasteiger partial charge is 0.333 e. The summed E-state index contributed by atoms with van der Waals surface area (Å²) in [7, 11) is 0. The molecular weight excluding hydrogens is 260 g/mol. The average Bonchev–Trinajstić information content (AvgIpc) is 3.01. The second kappa shape index (κ2) is 4.68. The molecule has 0 aliphatic heterocycles. The maximum atomic E-state index is 6.45. The maximum absolute atomic E-state index is 6.45. The molecule has 0 atom stereocenters. The first-order valence-electron chi connectivity index (χ1n) is 6.62. The Morgan fingerprint density at radius 3 is 2.79 bits per heavy atom. The Bertz CT molecular complexity index is 569. The molecule has 2 N–H and O–H groups in total. The Kier molecular flexibility index (Phi) is 3.14. The van der Waals surface area contributed by atoms with Gasteiger partial charge in [-0.3, -0.25) is 0 Å². The van der Waals surface area contributed by atoms with Crippen molar-refractivity contribution >= 4 is 11.3 Å². The molecule has 3 rings (SSSR count). The van der Waals surface area contributed by atoms with E-state index in [-0.39, 0.29) is 0 Å². The predicted molar refractivity (Wildman–Crippen MR) is 73.6 cm³/mol. The minimum atomic E-state index is -0.424. The van der Waals surface area contributed by atoms with Gasteiger partial charge in [0.05, 0.1) is 16.7 Å². The lowest BCUT2D eigenvalue weighted by molar-refractivity contribution is 0.230. The van der Waals surface area contributed by atoms with Crippen molar-refractivity contribution in [2.75, 3.05) is 0 Å². The van der Waals surface area contributed by atoms with Crippen molar-refractivity contribution in [2.45, 2.75) is 45.1 Å². The second-order valence-electron chi connectivity index (χ2n) is 5.53. The molecule has 6 heteroatoms. The summed E-state index contributed by atoms with van der Waals surface area (Å²) in [5.41, 5.74) is 8.73. The lowest BCUT2D eigenvalue weighted by atomic mass is 9.77. The van der Waals surface area contributed by atoms with Gasteiger partial charge in [0.25, 0.3) is 5.89 Å². The molecule has 2 aromatic heterocycles. The third kappa shape index (κ3) is 2.30. The average molecular weight is 278 g/mol. The number of aryl methyl sites for hydroxylation is 1. The van der Waals surface area contributed by atoms with Crippen LogP contribution in [0.15, 0.2) is 10.0 Å². The highest BCUT2D eigenvalue weighted by Gasteiger charge is 2.36. The van der Waals surface area contributed by atoms with E-state index in [0.29, 0.717) is 11.7 Å². The molecule has 0 aromatic carbocycles. The highest BCUT2D eigenvalue weighted by Crippen LogP contribution is 2.37. The number of hydrogen-bond acceptors (Lipinski definition) is 6. The number of nitrogens with zero attached hydrogens (tertiary/aromatic N) is 3. The van der Waals surface area contributed by atoms with Gasteiger partial charge in [0.2, 0.25) is 0 Å². The fourth-order valence-electron chi connectivity index (χ4n) is 2.53. The van der Waals surface area contributed by atoms with E-state index >= 15 is 0 Å². The number of thiazole rings is 1. The van der Waals surface area contributed by atoms with E-state index in [1.165, 1.54) is 11.3 Å². The highest BCUT2D eigenvalue weighted by molar-refractivity contribution is 7.13. The Morgan fingerprint density at radius 1 is 1.42 bits per heavy atom. The van der Waals surface area contributed by atoms with Crippen LogP contribution in [0, 0.1) is 12.8 Å². The highest BCUT2D eigenvalue weighted by atomic mass is 32.1. The van der Waals surface area contributed by atoms with Gasteiger partial charge in [-0.1, -0.05) is 12.1 Å². The number of aromatic nitrogens is 3. The lowest BCUT2D eigenvalue weighted by Gasteiger charge is -2.33. The van der Waals surface area contributed by atoms with Crippen LogP contribution < -0.4 is 5.73 Å². The van der Waals surface area contributed by atoms with Crippen LogP contribution in [-0.4, -0.2) is 15.1 Å². The summed E-state index contributed by atoms with van der Waals surface area (Å²) in [6, 6.07) is 0. The van der Waals surface area contributed by atoms with Crippen molar-refractivity contribution in [1.29, 1.82) is 0 Å². The second-order valence-corrected chi connectivity index (χ2v) is 6.38. The predicted octanol–water partition coefficient (Wildman–Crippen LogP) is 2.87. The molecule has 102 valence electrons. The van der Waals surface area contributed by atoms with Crippen LogP contribution in [0.25, 0.3) is 10.8 Å². The van der Waals surface area contributed by atoms with Crippen LogP contribution in [0.4, 0.5) is 0 Å². The first-order valence-corrected chi connectivity index (χ1v) is 7.50. The lowest BCUT2D eigenvalue weighted by Crippen LogP contribution is -2.41. The Balaban J connectivity index is 1.87. The molecular formula is C13H18N4OS. The molecule has 2 heterocycles. The van der Waals surface area contributed by atoms with Gasteiger partial charge in [-0.05, 0) is 38.5 Å². The molecule has 0 radical (unpaired) electrons. The van der Waals surface area contributed by atoms with Crippen molar-refractivity contribution in [3.05, 3.63) is 17.0 Å². The van der Waals surface area contributed by atoms with Crippen LogP contribution >= 0.6 is 11.3 Å². The molecule has 5 nitrogen and oxygen atoms in total. The van der Waals surface area contributed by atoms with Crippen LogP contribution in [-0.2, 0) is 5.54 Å². The Labute approximate surface area is 116 Å². The quantitative estimate of drug-likeness (QED) is 0.914. The van der Waals surface area contributed by atoms with Gasteiger partial charge >= 0.3 is 0 Å². The third-order valence-corrected chi connectivity index (χ3v) is 4.89. The van der Waals surface area contributed by atoms with Crippen molar-refractivity contribution in [1.82, 2.24) is 15.1 Å². The topological polar surface area (TPSA) is 77.8 Å². The Hall–Kier alpha value is -1.27. The Morgan fingerprint density at radius 2 is 2.16 bits per heavy atom. The summed E-state index contributed by atoms with van der Waals surface area (Å²) in [6.45, 7) is 4.21. The molecule has 0 bridgehead atoms. The summed E-state index contributed by atoms with van der Waals surface area (Å²) < 4.78 is 5.36. The molecule has 0 saturated heterocycles. The summed E-state index contributed by atoms with van der Waals surface area (Å²) in [5, 5.41) is 4.10. The van der Waals surface area contributed by atoms with Gasteiger partial charge in [0.15, 0.2) is 5.82 Å². The zero-order valence-electron chi connectivity index (χ0n) is 11.2. The monoisotopic (exact) mass is 278 g/mol. The van der Waals surface area contributed by atoms with Crippen molar-refractivity contribution in [3.63, 3.8) is 0 Å². The van der Waals surface area contributed by atoms with Crippen LogP contribution in [0.2, 0.25) is 0 Å². The van der Waals surface area contributed by atoms with Gasteiger partial charge in [0.1, 0.15) is 4.88 Å². The van der Waals surface area contributed by atoms with E-state index in [9.17, 15) is 0 Å². The smallest absolute Gasteiger partial charge is 0.269 e. The van der Waals surface area contributed by atoms with E-state index < -0.39 is 5.54 Å². The minimum Gasteiger partial charge on any atom is -0.333 e. The SMILES string of the molecule is Cc1ncsc1-c1nc(C2(N)CCC(C)CC2)no1. The van der Waals surface area contributed by atoms with E-state index in [0.717, 1.165) is 42.2 Å². The zero-order chi connectivity index (χ0) is 13.5. The van der Waals surface area contributed by atoms with Crippen molar-refractivity contribution in [2.24, 2.45) is 11.7 Å². The molecule has 0 spiro atoms. The first-order chi connectivity index (χ1) is 9.08. The van der Waals surface area contributed by atoms with E-state index in [4.69, 9.17) is 10.3 Å². The third-order valence-electron chi connectivity index (χ3n) is 3.98. The molecule has 1 saturated carbocycles. The summed E-state index contributed by atoms with van der Waals surface area (Å²) in [5.74, 6) is 1.92. The summed E-state index contributed by atoms with van der Waals surface area (Å²) in [4.78, 5) is 9.64. The van der Waals surface area contributed by atoms with Crippen molar-refractivity contribution < 1.29 is 4.52 Å². The summed E-state index contributed by atoms with van der Waals surface area (Å²) >= 11 is 1.51. The molecule has 1 aliphatic rings. The molecule has 19 heavy (non-hydrogen) atoms. The molecule has 0 amide bonds. The van der Waals surface area contributed by atoms with E-state index in [1.807, 2.05) is 6.92 Å². The fraction of sp³-hybridized carbons (Fsp3) is 0.615. The van der Waals surface area contributed by atoms with Gasteiger partial charge in [0, 0.05) is 0 Å². The zero-order valence-corrected chi connectivity index (χ0v) is 12.0. The van der Waals surface area contributed by atoms with E-state index in [1.54, 1.807) is 5.51 Å². The normalized spacial score (nSPS) is 27.6. The number of nitrogens with two attached hydrogens (primary N) is 1. The standard InChI is InChI=1S/C13H18N4OS/c1-8-3-5-13(14,6-4-8)12-16-11(18-17-12)10-9(2)15-7-19-10/h7-8H,3-6,14H2,1-2H3. The summed E-state index contributed by atoms with van der Waals surface area (Å²) in [6.07, 6.45) is 4.10. The van der Waals surface area contributed by atoms with Crippen molar-refractivity contribution in [3.8, 4) is 10.8 Å². The van der Waals surface area contributed by atoms with Crippen LogP contribution in [0.5, 0.6) is 0 Å². The minimum absolute atomic E-state index is 0.424. The van der Waals surface area contributed by atoms with Crippen LogP contribution in [0.3, 0.4) is 0 Å². The molecule has 1 fully saturated rings. The van der Waals surface area contributed by atoms with Crippen LogP contribution in [0.1, 0.15) is 44.1 Å². The molecule has 0 unspecified atom stereocenters. The maximum Gasteiger partial charge on any atom is 0.269 e. The number of rotatable bonds is 2. The van der Waals surface area contributed by atoms with E-state index in [2.05, 4.69) is 22.0 Å². The fourth-order valence-corrected chi connectivity index (χ4v) is 3.25. The van der Waals surface area contributed by atoms with Gasteiger partial charge in [-0.25, -0.2) is 4.98 Å². The molecule has 1 aliphatic carbocycles. The number of hydrogen-bond donors (Lipinski definition) is 1. The first kappa shape index (κ1) is 12.7. The van der Waals surface area contributed by atoms with Gasteiger partial charge in [-0.15, -0.1) is 11.3 Å². The van der Waals surface area contributed by atoms with Gasteiger partial charge in [-0.2, -0.15) is 4.98 Å². The van der Waals surface area contributed by atoms with Gasteiger partial charge < -0.3 is 10.3 Å².